The van der Waals surface area contributed by atoms with E-state index in [1.54, 1.807) is 30.6 Å². The Bertz CT molecular complexity index is 896. The van der Waals surface area contributed by atoms with Gasteiger partial charge in [0.15, 0.2) is 10.8 Å². The van der Waals surface area contributed by atoms with Crippen LogP contribution in [0.25, 0.3) is 10.8 Å². The van der Waals surface area contributed by atoms with Crippen molar-refractivity contribution < 1.29 is 14.3 Å². The molecule has 0 aromatic carbocycles. The van der Waals surface area contributed by atoms with Crippen LogP contribution in [0.3, 0.4) is 0 Å². The fourth-order valence-corrected chi connectivity index (χ4v) is 2.85. The Labute approximate surface area is 153 Å². The number of carbonyl (C=O) groups excluding carboxylic acids is 2. The fraction of sp³-hybridized carbons (Fsp3) is 0.176. The Hall–Kier alpha value is -3.20. The van der Waals surface area contributed by atoms with Gasteiger partial charge in [-0.1, -0.05) is 6.07 Å². The van der Waals surface area contributed by atoms with Gasteiger partial charge in [-0.2, -0.15) is 0 Å². The van der Waals surface area contributed by atoms with Crippen molar-refractivity contribution in [2.75, 3.05) is 7.11 Å². The zero-order chi connectivity index (χ0) is 18.4. The molecule has 9 heteroatoms. The Morgan fingerprint density at radius 1 is 1.19 bits per heavy atom. The van der Waals surface area contributed by atoms with Gasteiger partial charge in [-0.3, -0.25) is 4.79 Å². The molecule has 3 rings (SSSR count). The molecule has 0 aliphatic heterocycles. The highest BCUT2D eigenvalue weighted by molar-refractivity contribution is 7.13. The molecule has 0 spiro atoms. The van der Waals surface area contributed by atoms with Crippen LogP contribution in [0.2, 0.25) is 0 Å². The van der Waals surface area contributed by atoms with E-state index in [4.69, 9.17) is 0 Å². The zero-order valence-electron chi connectivity index (χ0n) is 13.9. The monoisotopic (exact) mass is 369 g/mol. The molecule has 0 fully saturated rings. The number of nitrogens with one attached hydrogen (secondary N) is 1. The van der Waals surface area contributed by atoms with Crippen LogP contribution < -0.4 is 5.32 Å². The third-order valence-electron chi connectivity index (χ3n) is 3.36. The molecule has 3 heterocycles. The summed E-state index contributed by atoms with van der Waals surface area (Å²) in [6, 6.07) is 5.01. The fourth-order valence-electron chi connectivity index (χ4n) is 2.08. The van der Waals surface area contributed by atoms with Crippen LogP contribution >= 0.6 is 11.3 Å². The third kappa shape index (κ3) is 4.45. The van der Waals surface area contributed by atoms with Gasteiger partial charge in [-0.15, -0.1) is 11.3 Å². The van der Waals surface area contributed by atoms with E-state index in [1.165, 1.54) is 24.6 Å². The highest BCUT2D eigenvalue weighted by atomic mass is 32.1. The molecule has 1 amide bonds. The first-order valence-electron chi connectivity index (χ1n) is 7.67. The number of thiazole rings is 1. The van der Waals surface area contributed by atoms with Crippen molar-refractivity contribution in [2.45, 2.75) is 13.0 Å². The van der Waals surface area contributed by atoms with Gasteiger partial charge in [0, 0.05) is 30.5 Å². The Morgan fingerprint density at radius 2 is 2.00 bits per heavy atom. The number of rotatable bonds is 6. The maximum Gasteiger partial charge on any atom is 0.356 e. The summed E-state index contributed by atoms with van der Waals surface area (Å²) in [5, 5.41) is 5.29. The lowest BCUT2D eigenvalue weighted by Gasteiger charge is -2.05. The maximum atomic E-state index is 12.1. The largest absolute Gasteiger partial charge is 0.464 e. The Morgan fingerprint density at radius 3 is 2.69 bits per heavy atom. The summed E-state index contributed by atoms with van der Waals surface area (Å²) in [6.07, 6.45) is 4.99. The molecule has 0 saturated heterocycles. The number of methoxy groups -OCH3 is 1. The minimum atomic E-state index is -0.498. The number of amides is 1. The van der Waals surface area contributed by atoms with E-state index in [9.17, 15) is 9.59 Å². The summed E-state index contributed by atoms with van der Waals surface area (Å²) in [7, 11) is 1.30. The summed E-state index contributed by atoms with van der Waals surface area (Å²) < 4.78 is 4.59. The number of nitrogens with zero attached hydrogens (tertiary/aromatic N) is 4. The molecule has 0 aliphatic rings. The average Bonchev–Trinajstić information content (AvgIpc) is 3.15. The van der Waals surface area contributed by atoms with Crippen molar-refractivity contribution in [1.82, 2.24) is 25.3 Å². The van der Waals surface area contributed by atoms with Gasteiger partial charge < -0.3 is 10.1 Å². The number of hydrogen-bond donors (Lipinski definition) is 1. The quantitative estimate of drug-likeness (QED) is 0.658. The summed E-state index contributed by atoms with van der Waals surface area (Å²) in [5.74, 6) is -0.115. The van der Waals surface area contributed by atoms with Gasteiger partial charge in [-0.05, 0) is 17.7 Å². The number of ether oxygens (including phenoxy) is 1. The lowest BCUT2D eigenvalue weighted by molar-refractivity contribution is -0.120. The van der Waals surface area contributed by atoms with Gasteiger partial charge in [0.05, 0.1) is 19.2 Å². The predicted octanol–water partition coefficient (Wildman–Crippen LogP) is 1.64. The van der Waals surface area contributed by atoms with Gasteiger partial charge in [0.2, 0.25) is 5.91 Å². The second-order valence-corrected chi connectivity index (χ2v) is 6.07. The number of aromatic nitrogens is 4. The molecule has 132 valence electrons. The topological polar surface area (TPSA) is 107 Å². The van der Waals surface area contributed by atoms with E-state index in [0.29, 0.717) is 23.1 Å². The van der Waals surface area contributed by atoms with Crippen LogP contribution in [0.5, 0.6) is 0 Å². The zero-order valence-corrected chi connectivity index (χ0v) is 14.7. The predicted molar refractivity (Wildman–Crippen MR) is 94.3 cm³/mol. The molecular weight excluding hydrogens is 354 g/mol. The first kappa shape index (κ1) is 17.6. The number of hydrogen-bond acceptors (Lipinski definition) is 8. The van der Waals surface area contributed by atoms with E-state index in [-0.39, 0.29) is 18.0 Å². The van der Waals surface area contributed by atoms with Gasteiger partial charge in [0.1, 0.15) is 5.69 Å². The van der Waals surface area contributed by atoms with Crippen LogP contribution in [0.1, 0.15) is 21.7 Å². The van der Waals surface area contributed by atoms with Crippen molar-refractivity contribution in [3.05, 3.63) is 59.1 Å². The molecule has 8 nitrogen and oxygen atoms in total. The second-order valence-electron chi connectivity index (χ2n) is 5.21. The van der Waals surface area contributed by atoms with E-state index in [0.717, 1.165) is 5.56 Å². The van der Waals surface area contributed by atoms with Crippen LogP contribution in [-0.2, 0) is 22.5 Å². The summed E-state index contributed by atoms with van der Waals surface area (Å²) in [5.41, 5.74) is 1.66. The van der Waals surface area contributed by atoms with E-state index >= 15 is 0 Å². The second kappa shape index (κ2) is 8.26. The molecule has 26 heavy (non-hydrogen) atoms. The SMILES string of the molecule is COC(=O)c1ccc(CNC(=O)Cc2csc(-c3ncccn3)n2)cn1. The summed E-state index contributed by atoms with van der Waals surface area (Å²) >= 11 is 1.40. The molecule has 3 aromatic rings. The van der Waals surface area contributed by atoms with Crippen LogP contribution in [0.15, 0.2) is 42.2 Å². The number of pyridine rings is 1. The summed E-state index contributed by atoms with van der Waals surface area (Å²) in [4.78, 5) is 40.1. The molecule has 0 radical (unpaired) electrons. The smallest absolute Gasteiger partial charge is 0.356 e. The van der Waals surface area contributed by atoms with Crippen molar-refractivity contribution in [2.24, 2.45) is 0 Å². The van der Waals surface area contributed by atoms with Crippen LogP contribution in [-0.4, -0.2) is 38.9 Å². The standard InChI is InChI=1S/C17H15N5O3S/c1-25-17(24)13-4-3-11(8-20-13)9-21-14(23)7-12-10-26-16(22-12)15-18-5-2-6-19-15/h2-6,8,10H,7,9H2,1H3,(H,21,23). The Balaban J connectivity index is 1.53. The lowest BCUT2D eigenvalue weighted by Crippen LogP contribution is -2.24. The van der Waals surface area contributed by atoms with Crippen molar-refractivity contribution in [1.29, 1.82) is 0 Å². The van der Waals surface area contributed by atoms with Crippen molar-refractivity contribution in [3.8, 4) is 10.8 Å². The molecule has 0 bridgehead atoms. The molecule has 0 atom stereocenters. The minimum Gasteiger partial charge on any atom is -0.464 e. The van der Waals surface area contributed by atoms with E-state index in [1.807, 2.05) is 5.38 Å². The minimum absolute atomic E-state index is 0.159. The molecule has 3 aromatic heterocycles. The normalized spacial score (nSPS) is 10.3. The maximum absolute atomic E-state index is 12.1. The lowest BCUT2D eigenvalue weighted by atomic mass is 10.2. The highest BCUT2D eigenvalue weighted by Crippen LogP contribution is 2.19. The number of esters is 1. The van der Waals surface area contributed by atoms with E-state index < -0.39 is 5.97 Å². The number of carbonyl (C=O) groups is 2. The first-order valence-corrected chi connectivity index (χ1v) is 8.55. The molecule has 0 aliphatic carbocycles. The molecule has 0 saturated carbocycles. The molecule has 0 unspecified atom stereocenters. The van der Waals surface area contributed by atoms with Gasteiger partial charge >= 0.3 is 5.97 Å². The first-order chi connectivity index (χ1) is 12.7. The van der Waals surface area contributed by atoms with Gasteiger partial charge in [0.25, 0.3) is 0 Å². The molecular formula is C17H15N5O3S. The third-order valence-corrected chi connectivity index (χ3v) is 4.25. The Kier molecular flexibility index (Phi) is 5.59. The highest BCUT2D eigenvalue weighted by Gasteiger charge is 2.11. The van der Waals surface area contributed by atoms with Crippen LogP contribution in [0.4, 0.5) is 0 Å². The molecule has 1 N–H and O–H groups in total. The van der Waals surface area contributed by atoms with Crippen molar-refractivity contribution >= 4 is 23.2 Å². The van der Waals surface area contributed by atoms with Crippen LogP contribution in [0, 0.1) is 0 Å². The van der Waals surface area contributed by atoms with E-state index in [2.05, 4.69) is 30.0 Å². The average molecular weight is 369 g/mol. The van der Waals surface area contributed by atoms with Gasteiger partial charge in [-0.25, -0.2) is 24.7 Å². The van der Waals surface area contributed by atoms with Crippen molar-refractivity contribution in [3.63, 3.8) is 0 Å². The summed E-state index contributed by atoms with van der Waals surface area (Å²) in [6.45, 7) is 0.312.